The van der Waals surface area contributed by atoms with Gasteiger partial charge in [-0.1, -0.05) is 29.8 Å². The number of aryl methyl sites for hydroxylation is 1. The highest BCUT2D eigenvalue weighted by Crippen LogP contribution is 2.30. The molecule has 2 aromatic rings. The molecular formula is C16H15ClO4. The molecule has 2 aromatic carbocycles. The van der Waals surface area contributed by atoms with Gasteiger partial charge in [-0.15, -0.1) is 0 Å². The van der Waals surface area contributed by atoms with Crippen molar-refractivity contribution in [3.8, 4) is 11.5 Å². The summed E-state index contributed by atoms with van der Waals surface area (Å²) in [4.78, 5) is 12.1. The highest BCUT2D eigenvalue weighted by Gasteiger charge is 2.14. The number of halogens is 1. The number of ether oxygens (including phenoxy) is 3. The van der Waals surface area contributed by atoms with E-state index in [4.69, 9.17) is 25.8 Å². The SMILES string of the molecule is COCOc1c(C)cc(C(=O)Oc2ccccc2)cc1Cl. The molecule has 0 N–H and O–H groups in total. The van der Waals surface area contributed by atoms with Crippen LogP contribution < -0.4 is 9.47 Å². The first kappa shape index (κ1) is 15.4. The zero-order chi connectivity index (χ0) is 15.2. The van der Waals surface area contributed by atoms with E-state index in [2.05, 4.69) is 0 Å². The van der Waals surface area contributed by atoms with E-state index in [1.165, 1.54) is 13.2 Å². The van der Waals surface area contributed by atoms with Crippen LogP contribution in [0, 0.1) is 6.92 Å². The zero-order valence-electron chi connectivity index (χ0n) is 11.8. The molecule has 2 rings (SSSR count). The van der Waals surface area contributed by atoms with Gasteiger partial charge in [0, 0.05) is 7.11 Å². The number of hydrogen-bond donors (Lipinski definition) is 0. The highest BCUT2D eigenvalue weighted by atomic mass is 35.5. The fourth-order valence-corrected chi connectivity index (χ4v) is 2.13. The van der Waals surface area contributed by atoms with Crippen LogP contribution in [0.5, 0.6) is 11.5 Å². The minimum Gasteiger partial charge on any atom is -0.466 e. The van der Waals surface area contributed by atoms with Crippen molar-refractivity contribution in [1.82, 2.24) is 0 Å². The van der Waals surface area contributed by atoms with Crippen LogP contribution in [0.15, 0.2) is 42.5 Å². The van der Waals surface area contributed by atoms with Crippen LogP contribution in [0.3, 0.4) is 0 Å². The summed E-state index contributed by atoms with van der Waals surface area (Å²) in [6, 6.07) is 12.0. The molecule has 21 heavy (non-hydrogen) atoms. The molecule has 0 unspecified atom stereocenters. The summed E-state index contributed by atoms with van der Waals surface area (Å²) in [5, 5.41) is 0.340. The lowest BCUT2D eigenvalue weighted by atomic mass is 10.1. The number of para-hydroxylation sites is 1. The van der Waals surface area contributed by atoms with Crippen LogP contribution in [-0.4, -0.2) is 19.9 Å². The zero-order valence-corrected chi connectivity index (χ0v) is 12.5. The van der Waals surface area contributed by atoms with Gasteiger partial charge in [0.2, 0.25) is 0 Å². The average molecular weight is 307 g/mol. The van der Waals surface area contributed by atoms with E-state index < -0.39 is 5.97 Å². The second-order valence-electron chi connectivity index (χ2n) is 4.36. The maximum atomic E-state index is 12.1. The molecule has 5 heteroatoms. The van der Waals surface area contributed by atoms with Crippen molar-refractivity contribution in [2.75, 3.05) is 13.9 Å². The van der Waals surface area contributed by atoms with Crippen LogP contribution >= 0.6 is 11.6 Å². The van der Waals surface area contributed by atoms with E-state index in [0.29, 0.717) is 22.1 Å². The van der Waals surface area contributed by atoms with E-state index in [1.54, 1.807) is 37.3 Å². The normalized spacial score (nSPS) is 10.2. The predicted octanol–water partition coefficient (Wildman–Crippen LogP) is 3.85. The smallest absolute Gasteiger partial charge is 0.343 e. The standard InChI is InChI=1S/C16H15ClO4/c1-11-8-12(9-14(17)15(11)20-10-19-2)16(18)21-13-6-4-3-5-7-13/h3-9H,10H2,1-2H3. The van der Waals surface area contributed by atoms with E-state index >= 15 is 0 Å². The number of benzene rings is 2. The summed E-state index contributed by atoms with van der Waals surface area (Å²) in [5.41, 5.74) is 1.10. The Labute approximate surface area is 128 Å². The van der Waals surface area contributed by atoms with Gasteiger partial charge in [0.25, 0.3) is 0 Å². The van der Waals surface area contributed by atoms with Gasteiger partial charge >= 0.3 is 5.97 Å². The third-order valence-corrected chi connectivity index (χ3v) is 3.02. The van der Waals surface area contributed by atoms with Gasteiger partial charge in [0.05, 0.1) is 10.6 Å². The van der Waals surface area contributed by atoms with Gasteiger partial charge in [-0.2, -0.15) is 0 Å². The van der Waals surface area contributed by atoms with Crippen LogP contribution in [-0.2, 0) is 4.74 Å². The fraction of sp³-hybridized carbons (Fsp3) is 0.188. The topological polar surface area (TPSA) is 44.8 Å². The highest BCUT2D eigenvalue weighted by molar-refractivity contribution is 6.32. The number of methoxy groups -OCH3 is 1. The number of esters is 1. The Hall–Kier alpha value is -2.04. The van der Waals surface area contributed by atoms with Crippen LogP contribution in [0.1, 0.15) is 15.9 Å². The monoisotopic (exact) mass is 306 g/mol. The van der Waals surface area contributed by atoms with Gasteiger partial charge in [-0.05, 0) is 36.8 Å². The summed E-state index contributed by atoms with van der Waals surface area (Å²) >= 11 is 6.13. The number of rotatable bonds is 5. The molecule has 0 heterocycles. The maximum absolute atomic E-state index is 12.1. The van der Waals surface area contributed by atoms with Gasteiger partial charge in [0.1, 0.15) is 11.5 Å². The third-order valence-electron chi connectivity index (χ3n) is 2.74. The first-order valence-corrected chi connectivity index (χ1v) is 6.68. The van der Waals surface area contributed by atoms with Gasteiger partial charge < -0.3 is 14.2 Å². The van der Waals surface area contributed by atoms with Crippen molar-refractivity contribution in [2.45, 2.75) is 6.92 Å². The van der Waals surface area contributed by atoms with E-state index in [0.717, 1.165) is 5.56 Å². The molecule has 0 aliphatic rings. The van der Waals surface area contributed by atoms with Crippen molar-refractivity contribution in [3.63, 3.8) is 0 Å². The first-order chi connectivity index (χ1) is 10.1. The lowest BCUT2D eigenvalue weighted by Crippen LogP contribution is -2.09. The largest absolute Gasteiger partial charge is 0.466 e. The quantitative estimate of drug-likeness (QED) is 0.478. The first-order valence-electron chi connectivity index (χ1n) is 6.31. The van der Waals surface area contributed by atoms with Crippen LogP contribution in [0.2, 0.25) is 5.02 Å². The summed E-state index contributed by atoms with van der Waals surface area (Å²) < 4.78 is 15.5. The summed E-state index contributed by atoms with van der Waals surface area (Å²) in [6.07, 6.45) is 0. The van der Waals surface area contributed by atoms with Crippen molar-refractivity contribution < 1.29 is 19.0 Å². The minimum atomic E-state index is -0.468. The second-order valence-corrected chi connectivity index (χ2v) is 4.76. The van der Waals surface area contributed by atoms with Crippen molar-refractivity contribution >= 4 is 17.6 Å². The lowest BCUT2D eigenvalue weighted by Gasteiger charge is -2.12. The number of carbonyl (C=O) groups is 1. The maximum Gasteiger partial charge on any atom is 0.343 e. The summed E-state index contributed by atoms with van der Waals surface area (Å²) in [6.45, 7) is 1.89. The van der Waals surface area contributed by atoms with Crippen molar-refractivity contribution in [3.05, 3.63) is 58.6 Å². The Balaban J connectivity index is 2.19. The Morgan fingerprint density at radius 1 is 1.19 bits per heavy atom. The molecule has 110 valence electrons. The van der Waals surface area contributed by atoms with E-state index in [9.17, 15) is 4.79 Å². The Morgan fingerprint density at radius 2 is 1.90 bits per heavy atom. The van der Waals surface area contributed by atoms with Crippen LogP contribution in [0.25, 0.3) is 0 Å². The van der Waals surface area contributed by atoms with E-state index in [1.807, 2.05) is 6.07 Å². The second kappa shape index (κ2) is 7.11. The minimum absolute atomic E-state index is 0.0916. The van der Waals surface area contributed by atoms with Crippen molar-refractivity contribution in [2.24, 2.45) is 0 Å². The molecule has 0 aliphatic heterocycles. The fourth-order valence-electron chi connectivity index (χ4n) is 1.80. The Kier molecular flexibility index (Phi) is 5.20. The number of hydrogen-bond acceptors (Lipinski definition) is 4. The molecule has 0 bridgehead atoms. The third kappa shape index (κ3) is 3.97. The number of carbonyl (C=O) groups excluding carboxylic acids is 1. The van der Waals surface area contributed by atoms with Crippen molar-refractivity contribution in [1.29, 1.82) is 0 Å². The average Bonchev–Trinajstić information content (AvgIpc) is 2.47. The molecule has 0 amide bonds. The molecule has 0 saturated heterocycles. The molecular weight excluding hydrogens is 292 g/mol. The predicted molar refractivity (Wildman–Crippen MR) is 80.1 cm³/mol. The molecule has 4 nitrogen and oxygen atoms in total. The molecule has 0 saturated carbocycles. The molecule has 0 spiro atoms. The lowest BCUT2D eigenvalue weighted by molar-refractivity contribution is 0.0507. The molecule has 0 fully saturated rings. The molecule has 0 atom stereocenters. The van der Waals surface area contributed by atoms with Gasteiger partial charge in [0.15, 0.2) is 6.79 Å². The van der Waals surface area contributed by atoms with E-state index in [-0.39, 0.29) is 6.79 Å². The van der Waals surface area contributed by atoms with Crippen LogP contribution in [0.4, 0.5) is 0 Å². The molecule has 0 aliphatic carbocycles. The van der Waals surface area contributed by atoms with Gasteiger partial charge in [-0.3, -0.25) is 0 Å². The summed E-state index contributed by atoms with van der Waals surface area (Å²) in [7, 11) is 1.52. The molecule has 0 aromatic heterocycles. The Morgan fingerprint density at radius 3 is 2.52 bits per heavy atom. The Bertz CT molecular complexity index is 602. The summed E-state index contributed by atoms with van der Waals surface area (Å²) in [5.74, 6) is 0.509. The van der Waals surface area contributed by atoms with Gasteiger partial charge in [-0.25, -0.2) is 4.79 Å². The molecule has 0 radical (unpaired) electrons.